The molecular weight excluding hydrogens is 394 g/mol. The normalized spacial score (nSPS) is 15.1. The van der Waals surface area contributed by atoms with E-state index in [1.807, 2.05) is 31.2 Å². The number of hydrogen-bond acceptors (Lipinski definition) is 4. The summed E-state index contributed by atoms with van der Waals surface area (Å²) in [4.78, 5) is 30.7. The molecule has 0 bridgehead atoms. The standard InChI is InChI=1S/C21H18ClN3O2S/c1-12-7-8-14(22)11-16(12)23-20(27)15-9-10-17-18(15)24-21(28-17)25-19(26)13-5-3-2-4-6-13/h2-8,11,15H,9-10H2,1H3,(H,23,27)(H,24,25,26). The molecule has 4 rings (SSSR count). The topological polar surface area (TPSA) is 71.1 Å². The van der Waals surface area contributed by atoms with Gasteiger partial charge < -0.3 is 5.32 Å². The first-order valence-corrected chi connectivity index (χ1v) is 10.1. The molecule has 2 N–H and O–H groups in total. The molecule has 0 aliphatic heterocycles. The van der Waals surface area contributed by atoms with E-state index in [0.29, 0.717) is 27.8 Å². The number of thiazole rings is 1. The van der Waals surface area contributed by atoms with Crippen LogP contribution in [0.3, 0.4) is 0 Å². The van der Waals surface area contributed by atoms with E-state index in [1.165, 1.54) is 11.3 Å². The Bertz CT molecular complexity index is 1050. The Morgan fingerprint density at radius 3 is 2.71 bits per heavy atom. The van der Waals surface area contributed by atoms with Gasteiger partial charge in [0, 0.05) is 21.2 Å². The van der Waals surface area contributed by atoms with Crippen LogP contribution in [0.5, 0.6) is 0 Å². The number of nitrogens with one attached hydrogen (secondary N) is 2. The second-order valence-corrected chi connectivity index (χ2v) is 8.21. The molecule has 1 aliphatic rings. The number of aromatic nitrogens is 1. The van der Waals surface area contributed by atoms with Crippen LogP contribution in [0.2, 0.25) is 5.02 Å². The van der Waals surface area contributed by atoms with Gasteiger partial charge in [0.15, 0.2) is 5.13 Å². The maximum Gasteiger partial charge on any atom is 0.257 e. The van der Waals surface area contributed by atoms with Gasteiger partial charge in [-0.05, 0) is 49.6 Å². The smallest absolute Gasteiger partial charge is 0.257 e. The number of carbonyl (C=O) groups excluding carboxylic acids is 2. The molecule has 1 unspecified atom stereocenters. The third kappa shape index (κ3) is 3.79. The zero-order valence-corrected chi connectivity index (χ0v) is 16.7. The highest BCUT2D eigenvalue weighted by molar-refractivity contribution is 7.16. The molecular formula is C21H18ClN3O2S. The number of nitrogens with zero attached hydrogens (tertiary/aromatic N) is 1. The summed E-state index contributed by atoms with van der Waals surface area (Å²) in [7, 11) is 0. The summed E-state index contributed by atoms with van der Waals surface area (Å²) in [5.41, 5.74) is 2.98. The summed E-state index contributed by atoms with van der Waals surface area (Å²) in [5.74, 6) is -0.633. The predicted molar refractivity (Wildman–Crippen MR) is 112 cm³/mol. The van der Waals surface area contributed by atoms with Gasteiger partial charge in [-0.15, -0.1) is 11.3 Å². The zero-order chi connectivity index (χ0) is 19.7. The third-order valence-electron chi connectivity index (χ3n) is 4.75. The van der Waals surface area contributed by atoms with Gasteiger partial charge in [0.05, 0.1) is 11.6 Å². The van der Waals surface area contributed by atoms with E-state index in [-0.39, 0.29) is 17.7 Å². The molecule has 2 aromatic carbocycles. The molecule has 1 aromatic heterocycles. The average molecular weight is 412 g/mol. The lowest BCUT2D eigenvalue weighted by atomic mass is 10.1. The second kappa shape index (κ2) is 7.73. The lowest BCUT2D eigenvalue weighted by Gasteiger charge is -2.13. The lowest BCUT2D eigenvalue weighted by molar-refractivity contribution is -0.117. The predicted octanol–water partition coefficient (Wildman–Crippen LogP) is 5.03. The minimum atomic E-state index is -0.327. The Kier molecular flexibility index (Phi) is 5.15. The Morgan fingerprint density at radius 1 is 1.14 bits per heavy atom. The van der Waals surface area contributed by atoms with Crippen LogP contribution in [0.15, 0.2) is 48.5 Å². The molecule has 0 radical (unpaired) electrons. The van der Waals surface area contributed by atoms with Crippen LogP contribution in [0.25, 0.3) is 0 Å². The van der Waals surface area contributed by atoms with Crippen LogP contribution in [-0.4, -0.2) is 16.8 Å². The number of carbonyl (C=O) groups is 2. The molecule has 5 nitrogen and oxygen atoms in total. The molecule has 1 atom stereocenters. The number of rotatable bonds is 4. The van der Waals surface area contributed by atoms with Crippen molar-refractivity contribution in [1.82, 2.24) is 4.98 Å². The van der Waals surface area contributed by atoms with Crippen LogP contribution in [0.1, 0.15) is 38.8 Å². The van der Waals surface area contributed by atoms with Crippen LogP contribution in [0.4, 0.5) is 10.8 Å². The van der Waals surface area contributed by atoms with E-state index >= 15 is 0 Å². The summed E-state index contributed by atoms with van der Waals surface area (Å²) in [6.07, 6.45) is 1.49. The molecule has 0 saturated heterocycles. The fourth-order valence-electron chi connectivity index (χ4n) is 3.24. The van der Waals surface area contributed by atoms with E-state index in [9.17, 15) is 9.59 Å². The van der Waals surface area contributed by atoms with Gasteiger partial charge in [0.1, 0.15) is 0 Å². The zero-order valence-electron chi connectivity index (χ0n) is 15.2. The van der Waals surface area contributed by atoms with Gasteiger partial charge in [-0.25, -0.2) is 4.98 Å². The molecule has 28 heavy (non-hydrogen) atoms. The highest BCUT2D eigenvalue weighted by Gasteiger charge is 2.33. The van der Waals surface area contributed by atoms with Crippen molar-refractivity contribution in [3.05, 3.63) is 75.3 Å². The lowest BCUT2D eigenvalue weighted by Crippen LogP contribution is -2.20. The molecule has 2 amide bonds. The van der Waals surface area contributed by atoms with Crippen molar-refractivity contribution in [2.24, 2.45) is 0 Å². The van der Waals surface area contributed by atoms with Crippen LogP contribution >= 0.6 is 22.9 Å². The highest BCUT2D eigenvalue weighted by Crippen LogP contribution is 2.39. The van der Waals surface area contributed by atoms with Crippen molar-refractivity contribution in [3.8, 4) is 0 Å². The van der Waals surface area contributed by atoms with E-state index in [1.54, 1.807) is 24.3 Å². The number of benzene rings is 2. The molecule has 1 aliphatic carbocycles. The van der Waals surface area contributed by atoms with Gasteiger partial charge >= 0.3 is 0 Å². The number of hydrogen-bond donors (Lipinski definition) is 2. The van der Waals surface area contributed by atoms with Crippen molar-refractivity contribution in [2.45, 2.75) is 25.7 Å². The first-order chi connectivity index (χ1) is 13.5. The summed E-state index contributed by atoms with van der Waals surface area (Å²) < 4.78 is 0. The Balaban J connectivity index is 1.49. The van der Waals surface area contributed by atoms with Crippen molar-refractivity contribution in [2.75, 3.05) is 10.6 Å². The number of amides is 2. The van der Waals surface area contributed by atoms with Crippen molar-refractivity contribution >= 4 is 45.6 Å². The van der Waals surface area contributed by atoms with E-state index < -0.39 is 0 Å². The summed E-state index contributed by atoms with van der Waals surface area (Å²) in [6.45, 7) is 1.92. The van der Waals surface area contributed by atoms with Gasteiger partial charge in [-0.1, -0.05) is 35.9 Å². The maximum absolute atomic E-state index is 12.8. The SMILES string of the molecule is Cc1ccc(Cl)cc1NC(=O)C1CCc2sc(NC(=O)c3ccccc3)nc21. The highest BCUT2D eigenvalue weighted by atomic mass is 35.5. The van der Waals surface area contributed by atoms with Crippen LogP contribution in [0, 0.1) is 6.92 Å². The van der Waals surface area contributed by atoms with Gasteiger partial charge in [-0.2, -0.15) is 0 Å². The molecule has 0 fully saturated rings. The third-order valence-corrected chi connectivity index (χ3v) is 6.03. The average Bonchev–Trinajstić information content (AvgIpc) is 3.25. The fraction of sp³-hybridized carbons (Fsp3) is 0.190. The van der Waals surface area contributed by atoms with Crippen molar-refractivity contribution in [1.29, 1.82) is 0 Å². The molecule has 0 spiro atoms. The molecule has 7 heteroatoms. The first kappa shape index (κ1) is 18.7. The number of anilines is 2. The fourth-order valence-corrected chi connectivity index (χ4v) is 4.45. The Labute approximate surface area is 171 Å². The molecule has 3 aromatic rings. The second-order valence-electron chi connectivity index (χ2n) is 6.69. The minimum Gasteiger partial charge on any atom is -0.325 e. The summed E-state index contributed by atoms with van der Waals surface area (Å²) in [5, 5.41) is 6.90. The summed E-state index contributed by atoms with van der Waals surface area (Å²) in [6, 6.07) is 14.4. The summed E-state index contributed by atoms with van der Waals surface area (Å²) >= 11 is 7.48. The quantitative estimate of drug-likeness (QED) is 0.632. The first-order valence-electron chi connectivity index (χ1n) is 8.94. The van der Waals surface area contributed by atoms with Crippen molar-refractivity contribution in [3.63, 3.8) is 0 Å². The number of fused-ring (bicyclic) bond motifs is 1. The van der Waals surface area contributed by atoms with Crippen LogP contribution < -0.4 is 10.6 Å². The van der Waals surface area contributed by atoms with Gasteiger partial charge in [0.25, 0.3) is 5.91 Å². The molecule has 0 saturated carbocycles. The maximum atomic E-state index is 12.8. The van der Waals surface area contributed by atoms with Crippen molar-refractivity contribution < 1.29 is 9.59 Å². The monoisotopic (exact) mass is 411 g/mol. The number of aryl methyl sites for hydroxylation is 2. The largest absolute Gasteiger partial charge is 0.325 e. The van der Waals surface area contributed by atoms with Gasteiger partial charge in [0.2, 0.25) is 5.91 Å². The Morgan fingerprint density at radius 2 is 1.93 bits per heavy atom. The van der Waals surface area contributed by atoms with Gasteiger partial charge in [-0.3, -0.25) is 14.9 Å². The Hall–Kier alpha value is -2.70. The van der Waals surface area contributed by atoms with Crippen LogP contribution in [-0.2, 0) is 11.2 Å². The minimum absolute atomic E-state index is 0.102. The van der Waals surface area contributed by atoms with E-state index in [0.717, 1.165) is 22.6 Å². The van der Waals surface area contributed by atoms with E-state index in [2.05, 4.69) is 15.6 Å². The number of halogens is 1. The molecule has 1 heterocycles. The van der Waals surface area contributed by atoms with E-state index in [4.69, 9.17) is 11.6 Å². The molecule has 142 valence electrons.